The average Bonchev–Trinajstić information content (AvgIpc) is 3.17. The molecule has 3 rings (SSSR count). The van der Waals surface area contributed by atoms with Crippen molar-refractivity contribution in [3.63, 3.8) is 0 Å². The van der Waals surface area contributed by atoms with Crippen molar-refractivity contribution in [1.29, 1.82) is 0 Å². The van der Waals surface area contributed by atoms with E-state index in [0.29, 0.717) is 25.1 Å². The number of likely N-dealkylation sites (tertiary alicyclic amines) is 1. The number of nitrogens with one attached hydrogen (secondary N) is 3. The molecule has 1 atom stereocenters. The molecule has 8 nitrogen and oxygen atoms in total. The molecule has 9 heteroatoms. The van der Waals surface area contributed by atoms with Crippen molar-refractivity contribution in [3.05, 3.63) is 59.4 Å². The molecule has 4 amide bonds. The Morgan fingerprint density at radius 1 is 1.11 bits per heavy atom. The number of anilines is 1. The van der Waals surface area contributed by atoms with Gasteiger partial charge in [0.25, 0.3) is 5.91 Å². The summed E-state index contributed by atoms with van der Waals surface area (Å²) in [7, 11) is 0. The first kappa shape index (κ1) is 18.7. The molecule has 1 aliphatic rings. The van der Waals surface area contributed by atoms with Crippen molar-refractivity contribution in [1.82, 2.24) is 20.7 Å². The summed E-state index contributed by atoms with van der Waals surface area (Å²) in [5.41, 5.74) is 5.45. The van der Waals surface area contributed by atoms with E-state index < -0.39 is 18.0 Å². The Morgan fingerprint density at radius 2 is 1.93 bits per heavy atom. The van der Waals surface area contributed by atoms with Crippen molar-refractivity contribution < 1.29 is 14.4 Å². The first-order valence-corrected chi connectivity index (χ1v) is 8.76. The van der Waals surface area contributed by atoms with Crippen LogP contribution in [0.5, 0.6) is 0 Å². The summed E-state index contributed by atoms with van der Waals surface area (Å²) < 4.78 is 0. The third-order valence-corrected chi connectivity index (χ3v) is 4.48. The average molecular weight is 388 g/mol. The molecule has 1 saturated heterocycles. The van der Waals surface area contributed by atoms with E-state index in [1.807, 2.05) is 0 Å². The van der Waals surface area contributed by atoms with Gasteiger partial charge in [0, 0.05) is 12.7 Å². The molecular formula is C18H18ClN5O3. The molecule has 0 unspecified atom stereocenters. The van der Waals surface area contributed by atoms with Gasteiger partial charge in [-0.15, -0.1) is 0 Å². The molecule has 140 valence electrons. The lowest BCUT2D eigenvalue weighted by Gasteiger charge is -2.24. The maximum atomic E-state index is 12.5. The SMILES string of the molecule is O=C(NNC(=O)N1CCC[C@@H]1C(=O)Nc1cccnc1)c1ccccc1Cl. The number of amides is 4. The zero-order valence-corrected chi connectivity index (χ0v) is 15.1. The molecule has 1 aliphatic heterocycles. The van der Waals surface area contributed by atoms with Crippen LogP contribution in [0.15, 0.2) is 48.8 Å². The Hall–Kier alpha value is -3.13. The third-order valence-electron chi connectivity index (χ3n) is 4.15. The van der Waals surface area contributed by atoms with Crippen LogP contribution >= 0.6 is 11.6 Å². The minimum Gasteiger partial charge on any atom is -0.323 e. The summed E-state index contributed by atoms with van der Waals surface area (Å²) >= 11 is 5.96. The monoisotopic (exact) mass is 387 g/mol. The first-order valence-electron chi connectivity index (χ1n) is 8.38. The topological polar surface area (TPSA) is 103 Å². The molecule has 0 saturated carbocycles. The number of aromatic nitrogens is 1. The molecule has 0 bridgehead atoms. The quantitative estimate of drug-likeness (QED) is 0.702. The van der Waals surface area contributed by atoms with Crippen molar-refractivity contribution in [3.8, 4) is 0 Å². The van der Waals surface area contributed by atoms with E-state index in [4.69, 9.17) is 11.6 Å². The predicted octanol–water partition coefficient (Wildman–Crippen LogP) is 2.19. The van der Waals surface area contributed by atoms with E-state index in [-0.39, 0.29) is 16.5 Å². The molecule has 3 N–H and O–H groups in total. The summed E-state index contributed by atoms with van der Waals surface area (Å²) in [4.78, 5) is 42.3. The molecule has 0 radical (unpaired) electrons. The Labute approximate surface area is 160 Å². The van der Waals surface area contributed by atoms with Gasteiger partial charge in [-0.25, -0.2) is 10.2 Å². The number of benzene rings is 1. The fourth-order valence-electron chi connectivity index (χ4n) is 2.84. The molecule has 2 heterocycles. The van der Waals surface area contributed by atoms with Crippen LogP contribution in [0.1, 0.15) is 23.2 Å². The summed E-state index contributed by atoms with van der Waals surface area (Å²) in [5, 5.41) is 3.02. The van der Waals surface area contributed by atoms with E-state index in [1.165, 1.54) is 11.1 Å². The lowest BCUT2D eigenvalue weighted by molar-refractivity contribution is -0.119. The van der Waals surface area contributed by atoms with Gasteiger partial charge in [-0.2, -0.15) is 0 Å². The highest BCUT2D eigenvalue weighted by Gasteiger charge is 2.34. The van der Waals surface area contributed by atoms with Crippen molar-refractivity contribution >= 4 is 35.1 Å². The maximum absolute atomic E-state index is 12.5. The third kappa shape index (κ3) is 4.53. The van der Waals surface area contributed by atoms with Crippen molar-refractivity contribution in [2.45, 2.75) is 18.9 Å². The minimum atomic E-state index is -0.623. The van der Waals surface area contributed by atoms with Crippen molar-refractivity contribution in [2.24, 2.45) is 0 Å². The molecule has 1 fully saturated rings. The van der Waals surface area contributed by atoms with Gasteiger partial charge >= 0.3 is 6.03 Å². The number of carbonyl (C=O) groups is 3. The molecule has 27 heavy (non-hydrogen) atoms. The summed E-state index contributed by atoms with van der Waals surface area (Å²) in [5.74, 6) is -0.836. The highest BCUT2D eigenvalue weighted by molar-refractivity contribution is 6.33. The number of carbonyl (C=O) groups excluding carboxylic acids is 3. The largest absolute Gasteiger partial charge is 0.336 e. The van der Waals surface area contributed by atoms with E-state index in [2.05, 4.69) is 21.2 Å². The number of pyridine rings is 1. The number of hydrogen-bond donors (Lipinski definition) is 3. The summed E-state index contributed by atoms with van der Waals surface area (Å²) in [6.45, 7) is 0.416. The number of hydrazine groups is 1. The van der Waals surface area contributed by atoms with Crippen LogP contribution in [0, 0.1) is 0 Å². The Balaban J connectivity index is 1.58. The van der Waals surface area contributed by atoms with Crippen LogP contribution in [0.2, 0.25) is 5.02 Å². The highest BCUT2D eigenvalue weighted by atomic mass is 35.5. The van der Waals surface area contributed by atoms with E-state index in [1.54, 1.807) is 42.6 Å². The zero-order chi connectivity index (χ0) is 19.2. The molecule has 1 aromatic carbocycles. The van der Waals surface area contributed by atoms with Crippen molar-refractivity contribution in [2.75, 3.05) is 11.9 Å². The molecule has 1 aromatic heterocycles. The van der Waals surface area contributed by atoms with Gasteiger partial charge in [0.05, 0.1) is 22.5 Å². The van der Waals surface area contributed by atoms with Crippen LogP contribution in [0.4, 0.5) is 10.5 Å². The highest BCUT2D eigenvalue weighted by Crippen LogP contribution is 2.19. The Kier molecular flexibility index (Phi) is 5.87. The van der Waals surface area contributed by atoms with Crippen LogP contribution in [-0.4, -0.2) is 40.3 Å². The second-order valence-corrected chi connectivity index (χ2v) is 6.35. The van der Waals surface area contributed by atoms with Gasteiger partial charge in [-0.1, -0.05) is 23.7 Å². The van der Waals surface area contributed by atoms with Gasteiger partial charge < -0.3 is 10.2 Å². The lowest BCUT2D eigenvalue weighted by atomic mass is 10.2. The summed E-state index contributed by atoms with van der Waals surface area (Å²) in [6.07, 6.45) is 4.36. The number of hydrogen-bond acceptors (Lipinski definition) is 4. The number of rotatable bonds is 3. The fourth-order valence-corrected chi connectivity index (χ4v) is 3.06. The van der Waals surface area contributed by atoms with Gasteiger partial charge in [0.15, 0.2) is 0 Å². The predicted molar refractivity (Wildman–Crippen MR) is 100 cm³/mol. The first-order chi connectivity index (χ1) is 13.1. The number of nitrogens with zero attached hydrogens (tertiary/aromatic N) is 2. The molecule has 0 spiro atoms. The Morgan fingerprint density at radius 3 is 2.67 bits per heavy atom. The van der Waals surface area contributed by atoms with Crippen LogP contribution < -0.4 is 16.2 Å². The van der Waals surface area contributed by atoms with Gasteiger partial charge in [-0.05, 0) is 37.1 Å². The number of urea groups is 1. The molecule has 2 aromatic rings. The van der Waals surface area contributed by atoms with Crippen LogP contribution in [-0.2, 0) is 4.79 Å². The minimum absolute atomic E-state index is 0.242. The summed E-state index contributed by atoms with van der Waals surface area (Å²) in [6, 6.07) is 8.74. The smallest absolute Gasteiger partial charge is 0.323 e. The molecule has 0 aliphatic carbocycles. The van der Waals surface area contributed by atoms with E-state index >= 15 is 0 Å². The number of halogens is 1. The second-order valence-electron chi connectivity index (χ2n) is 5.95. The fraction of sp³-hybridized carbons (Fsp3) is 0.222. The lowest BCUT2D eigenvalue weighted by Crippen LogP contribution is -2.52. The van der Waals surface area contributed by atoms with Gasteiger partial charge in [0.2, 0.25) is 5.91 Å². The van der Waals surface area contributed by atoms with E-state index in [0.717, 1.165) is 0 Å². The zero-order valence-electron chi connectivity index (χ0n) is 14.3. The van der Waals surface area contributed by atoms with E-state index in [9.17, 15) is 14.4 Å². The van der Waals surface area contributed by atoms with Crippen LogP contribution in [0.25, 0.3) is 0 Å². The normalized spacial score (nSPS) is 15.9. The Bertz CT molecular complexity index is 846. The molecular weight excluding hydrogens is 370 g/mol. The van der Waals surface area contributed by atoms with Crippen LogP contribution in [0.3, 0.4) is 0 Å². The standard InChI is InChI=1S/C18H18ClN5O3/c19-14-7-2-1-6-13(14)16(25)22-23-18(27)24-10-4-8-15(24)17(26)21-12-5-3-9-20-11-12/h1-3,5-7,9,11,15H,4,8,10H2,(H,21,26)(H,22,25)(H,23,27)/t15-/m1/s1. The van der Waals surface area contributed by atoms with Gasteiger partial charge in [-0.3, -0.25) is 20.0 Å². The second kappa shape index (κ2) is 8.50. The van der Waals surface area contributed by atoms with Gasteiger partial charge in [0.1, 0.15) is 6.04 Å². The maximum Gasteiger partial charge on any atom is 0.336 e.